The number of likely N-dealkylation sites (N-methyl/N-ethyl adjacent to an activating group) is 1. The molecule has 5 rings (SSSR count). The van der Waals surface area contributed by atoms with E-state index in [1.54, 1.807) is 27.7 Å². The van der Waals surface area contributed by atoms with Gasteiger partial charge in [0.1, 0.15) is 11.5 Å². The molecule has 0 bridgehead atoms. The second-order valence-corrected chi connectivity index (χ2v) is 11.2. The lowest BCUT2D eigenvalue weighted by Gasteiger charge is -2.29. The number of carbonyl (C=O) groups is 1. The minimum atomic E-state index is -0.630. The molecule has 0 fully saturated rings. The van der Waals surface area contributed by atoms with Crippen molar-refractivity contribution >= 4 is 46.5 Å². The van der Waals surface area contributed by atoms with Crippen molar-refractivity contribution in [2.24, 2.45) is 4.99 Å². The van der Waals surface area contributed by atoms with Gasteiger partial charge in [0.2, 0.25) is 0 Å². The number of furan rings is 1. The summed E-state index contributed by atoms with van der Waals surface area (Å²) in [7, 11) is 0. The van der Waals surface area contributed by atoms with Crippen LogP contribution in [-0.4, -0.2) is 28.5 Å². The summed E-state index contributed by atoms with van der Waals surface area (Å²) in [5.74, 6) is 1.06. The predicted octanol–water partition coefficient (Wildman–Crippen LogP) is 5.98. The topological polar surface area (TPSA) is 67.8 Å². The summed E-state index contributed by atoms with van der Waals surface area (Å²) in [5, 5.41) is 1.20. The van der Waals surface area contributed by atoms with E-state index < -0.39 is 6.04 Å². The van der Waals surface area contributed by atoms with Gasteiger partial charge < -0.3 is 9.32 Å². The van der Waals surface area contributed by atoms with Crippen LogP contribution < -0.4 is 14.9 Å². The van der Waals surface area contributed by atoms with E-state index in [0.29, 0.717) is 55.3 Å². The highest BCUT2D eigenvalue weighted by molar-refractivity contribution is 7.07. The van der Waals surface area contributed by atoms with Gasteiger partial charge in [-0.2, -0.15) is 0 Å². The molecule has 0 N–H and O–H groups in total. The minimum absolute atomic E-state index is 0.136. The van der Waals surface area contributed by atoms with Gasteiger partial charge in [0.15, 0.2) is 4.80 Å². The number of carbonyl (C=O) groups excluding carboxylic acids is 1. The molecule has 1 aliphatic rings. The Hall–Kier alpha value is -3.39. The van der Waals surface area contributed by atoms with Crippen molar-refractivity contribution in [3.63, 3.8) is 0 Å². The van der Waals surface area contributed by atoms with Gasteiger partial charge in [0, 0.05) is 34.8 Å². The monoisotopic (exact) mass is 579 g/mol. The second kappa shape index (κ2) is 11.0. The van der Waals surface area contributed by atoms with Crippen molar-refractivity contribution in [2.75, 3.05) is 13.1 Å². The molecule has 0 radical (unpaired) electrons. The van der Waals surface area contributed by atoms with Crippen molar-refractivity contribution in [3.8, 4) is 11.3 Å². The van der Waals surface area contributed by atoms with E-state index in [1.807, 2.05) is 70.2 Å². The van der Waals surface area contributed by atoms with E-state index in [2.05, 4.69) is 0 Å². The van der Waals surface area contributed by atoms with Crippen molar-refractivity contribution in [1.29, 1.82) is 0 Å². The smallest absolute Gasteiger partial charge is 0.271 e. The van der Waals surface area contributed by atoms with Gasteiger partial charge in [0.25, 0.3) is 11.5 Å². The number of hydrogen-bond acceptors (Lipinski definition) is 5. The summed E-state index contributed by atoms with van der Waals surface area (Å²) in [4.78, 5) is 34.5. The van der Waals surface area contributed by atoms with E-state index in [9.17, 15) is 9.59 Å². The van der Waals surface area contributed by atoms with Crippen LogP contribution in [-0.2, 0) is 4.79 Å². The summed E-state index contributed by atoms with van der Waals surface area (Å²) < 4.78 is 8.15. The van der Waals surface area contributed by atoms with E-state index in [-0.39, 0.29) is 11.5 Å². The highest BCUT2D eigenvalue weighted by Gasteiger charge is 2.34. The molecule has 39 heavy (non-hydrogen) atoms. The third-order valence-electron chi connectivity index (χ3n) is 6.85. The molecule has 1 aliphatic heterocycles. The second-order valence-electron chi connectivity index (χ2n) is 9.27. The number of benzene rings is 2. The van der Waals surface area contributed by atoms with E-state index in [4.69, 9.17) is 32.6 Å². The van der Waals surface area contributed by atoms with Gasteiger partial charge in [-0.25, -0.2) is 4.99 Å². The predicted molar refractivity (Wildman–Crippen MR) is 157 cm³/mol. The summed E-state index contributed by atoms with van der Waals surface area (Å²) >= 11 is 13.6. The van der Waals surface area contributed by atoms with Crippen LogP contribution in [0.5, 0.6) is 0 Å². The molecule has 3 heterocycles. The van der Waals surface area contributed by atoms with Crippen molar-refractivity contribution < 1.29 is 9.21 Å². The molecule has 0 saturated heterocycles. The Morgan fingerprint density at radius 1 is 1.05 bits per heavy atom. The largest absolute Gasteiger partial charge is 0.457 e. The first-order valence-electron chi connectivity index (χ1n) is 12.7. The zero-order chi connectivity index (χ0) is 27.8. The maximum Gasteiger partial charge on any atom is 0.271 e. The Bertz CT molecular complexity index is 1780. The van der Waals surface area contributed by atoms with E-state index in [0.717, 1.165) is 16.7 Å². The molecule has 1 atom stereocenters. The molecule has 2 aromatic heterocycles. The fourth-order valence-corrected chi connectivity index (χ4v) is 6.13. The van der Waals surface area contributed by atoms with E-state index in [1.165, 1.54) is 11.3 Å². The Labute approximate surface area is 240 Å². The fourth-order valence-electron chi connectivity index (χ4n) is 4.80. The van der Waals surface area contributed by atoms with Crippen LogP contribution >= 0.6 is 34.5 Å². The quantitative estimate of drug-likeness (QED) is 0.282. The zero-order valence-corrected chi connectivity index (χ0v) is 24.3. The van der Waals surface area contributed by atoms with Gasteiger partial charge in [0.05, 0.1) is 21.8 Å². The van der Waals surface area contributed by atoms with Crippen molar-refractivity contribution in [3.05, 3.63) is 112 Å². The molecular formula is C30H27Cl2N3O3S. The SMILES string of the molecule is CCN(CC)C(=O)C1=C(C)N=c2s/c(=C/c3ccc(-c4cc(Cl)ccc4C)o3)c(=O)n2[C@@H]1c1ccc(Cl)cc1. The van der Waals surface area contributed by atoms with Crippen LogP contribution in [0, 0.1) is 6.92 Å². The number of nitrogens with zero attached hydrogens (tertiary/aromatic N) is 3. The molecule has 0 unspecified atom stereocenters. The Morgan fingerprint density at radius 2 is 1.74 bits per heavy atom. The lowest BCUT2D eigenvalue weighted by atomic mass is 9.94. The lowest BCUT2D eigenvalue weighted by molar-refractivity contribution is -0.127. The number of aryl methyl sites for hydroxylation is 1. The fraction of sp³-hybridized carbons (Fsp3) is 0.233. The Balaban J connectivity index is 1.65. The van der Waals surface area contributed by atoms with Gasteiger partial charge >= 0.3 is 0 Å². The average molecular weight is 581 g/mol. The van der Waals surface area contributed by atoms with Crippen molar-refractivity contribution in [1.82, 2.24) is 9.47 Å². The Morgan fingerprint density at radius 3 is 2.44 bits per heavy atom. The van der Waals surface area contributed by atoms with E-state index >= 15 is 0 Å². The van der Waals surface area contributed by atoms with Crippen LogP contribution in [0.3, 0.4) is 0 Å². The molecule has 0 spiro atoms. The summed E-state index contributed by atoms with van der Waals surface area (Å²) in [6.07, 6.45) is 1.72. The molecule has 1 amide bonds. The molecular weight excluding hydrogens is 553 g/mol. The van der Waals surface area contributed by atoms with Crippen LogP contribution in [0.25, 0.3) is 17.4 Å². The van der Waals surface area contributed by atoms with Crippen LogP contribution in [0.1, 0.15) is 43.7 Å². The molecule has 4 aromatic rings. The molecule has 9 heteroatoms. The summed E-state index contributed by atoms with van der Waals surface area (Å²) in [6.45, 7) is 8.79. The number of aromatic nitrogens is 1. The van der Waals surface area contributed by atoms with Gasteiger partial charge in [-0.15, -0.1) is 0 Å². The maximum absolute atomic E-state index is 13.9. The molecule has 0 aliphatic carbocycles. The van der Waals surface area contributed by atoms with Crippen molar-refractivity contribution in [2.45, 2.75) is 33.7 Å². The number of halogens is 2. The Kier molecular flexibility index (Phi) is 7.67. The normalized spacial score (nSPS) is 15.3. The summed E-state index contributed by atoms with van der Waals surface area (Å²) in [6, 6.07) is 15.9. The standard InChI is InChI=1S/C30H27Cl2N3O3S/c1-5-34(6-2)29(37)26-18(4)33-30-35(27(26)19-8-11-20(31)12-9-19)28(36)25(39-30)16-22-13-14-24(38-22)23-15-21(32)10-7-17(23)3/h7-16,27H,5-6H2,1-4H3/b25-16+/t27-/m1/s1. The number of fused-ring (bicyclic) bond motifs is 1. The van der Waals surface area contributed by atoms with Crippen LogP contribution in [0.2, 0.25) is 10.0 Å². The third-order valence-corrected chi connectivity index (χ3v) is 8.32. The first-order valence-corrected chi connectivity index (χ1v) is 14.2. The number of rotatable bonds is 6. The third kappa shape index (κ3) is 5.14. The molecule has 2 aromatic carbocycles. The molecule has 6 nitrogen and oxygen atoms in total. The number of thiazole rings is 1. The summed E-state index contributed by atoms with van der Waals surface area (Å²) in [5.41, 5.74) is 3.54. The highest BCUT2D eigenvalue weighted by atomic mass is 35.5. The molecule has 200 valence electrons. The minimum Gasteiger partial charge on any atom is -0.457 e. The molecule has 0 saturated carbocycles. The lowest BCUT2D eigenvalue weighted by Crippen LogP contribution is -2.43. The van der Waals surface area contributed by atoms with Gasteiger partial charge in [-0.3, -0.25) is 14.2 Å². The number of amides is 1. The maximum atomic E-state index is 13.9. The first-order chi connectivity index (χ1) is 18.7. The number of hydrogen-bond donors (Lipinski definition) is 0. The first kappa shape index (κ1) is 27.2. The van der Waals surface area contributed by atoms with Crippen LogP contribution in [0.15, 0.2) is 80.1 Å². The van der Waals surface area contributed by atoms with Crippen LogP contribution in [0.4, 0.5) is 0 Å². The average Bonchev–Trinajstić information content (AvgIpc) is 3.50. The number of allylic oxidation sites excluding steroid dienone is 1. The van der Waals surface area contributed by atoms with Gasteiger partial charge in [-0.1, -0.05) is 52.7 Å². The zero-order valence-electron chi connectivity index (χ0n) is 22.0. The van der Waals surface area contributed by atoms with Gasteiger partial charge in [-0.05, 0) is 75.2 Å². The highest BCUT2D eigenvalue weighted by Crippen LogP contribution is 2.32.